The first kappa shape index (κ1) is 13.7. The zero-order valence-corrected chi connectivity index (χ0v) is 10.3. The minimum absolute atomic E-state index is 0.0404. The van der Waals surface area contributed by atoms with Crippen molar-refractivity contribution in [3.8, 4) is 0 Å². The average molecular weight is 237 g/mol. The van der Waals surface area contributed by atoms with Crippen LogP contribution in [0.15, 0.2) is 24.3 Å². The van der Waals surface area contributed by atoms with Gasteiger partial charge in [0.25, 0.3) is 5.91 Å². The third kappa shape index (κ3) is 4.17. The van der Waals surface area contributed by atoms with Crippen molar-refractivity contribution >= 4 is 5.91 Å². The Morgan fingerprint density at radius 3 is 2.47 bits per heavy atom. The van der Waals surface area contributed by atoms with E-state index in [0.29, 0.717) is 25.3 Å². The van der Waals surface area contributed by atoms with Gasteiger partial charge in [0.15, 0.2) is 0 Å². The number of hydrogen-bond acceptors (Lipinski definition) is 3. The second kappa shape index (κ2) is 7.04. The summed E-state index contributed by atoms with van der Waals surface area (Å²) in [5.74, 6) is -0.0731. The summed E-state index contributed by atoms with van der Waals surface area (Å²) < 4.78 is 4.95. The second-order valence-corrected chi connectivity index (χ2v) is 3.87. The quantitative estimate of drug-likeness (QED) is 0.805. The lowest BCUT2D eigenvalue weighted by Crippen LogP contribution is -2.36. The maximum absolute atomic E-state index is 12.1. The number of ether oxygens (including phenoxy) is 1. The maximum Gasteiger partial charge on any atom is 0.254 e. The molecule has 4 nitrogen and oxygen atoms in total. The van der Waals surface area contributed by atoms with Gasteiger partial charge in [-0.3, -0.25) is 4.79 Å². The van der Waals surface area contributed by atoms with Crippen molar-refractivity contribution in [2.45, 2.75) is 6.92 Å². The van der Waals surface area contributed by atoms with Gasteiger partial charge in [0, 0.05) is 25.8 Å². The topological polar surface area (TPSA) is 49.8 Å². The zero-order chi connectivity index (χ0) is 12.7. The van der Waals surface area contributed by atoms with Gasteiger partial charge >= 0.3 is 0 Å². The molecule has 0 unspecified atom stereocenters. The van der Waals surface area contributed by atoms with Gasteiger partial charge in [0.2, 0.25) is 0 Å². The summed E-state index contributed by atoms with van der Waals surface area (Å²) in [6.45, 7) is 3.23. The monoisotopic (exact) mass is 237 g/mol. The number of benzene rings is 1. The predicted octanol–water partition coefficient (Wildman–Crippen LogP) is 1.08. The van der Waals surface area contributed by atoms with E-state index in [0.717, 1.165) is 5.56 Å². The summed E-state index contributed by atoms with van der Waals surface area (Å²) in [4.78, 5) is 13.7. The fourth-order valence-corrected chi connectivity index (χ4v) is 1.52. The van der Waals surface area contributed by atoms with Crippen LogP contribution in [0.5, 0.6) is 0 Å². The van der Waals surface area contributed by atoms with Crippen LogP contribution >= 0.6 is 0 Å². The molecule has 0 bridgehead atoms. The molecule has 0 radical (unpaired) electrons. The summed E-state index contributed by atoms with van der Waals surface area (Å²) in [7, 11) is 1.59. The normalized spacial score (nSPS) is 10.3. The molecule has 0 aliphatic heterocycles. The van der Waals surface area contributed by atoms with Crippen LogP contribution in [0.25, 0.3) is 0 Å². The number of methoxy groups -OCH3 is 1. The van der Waals surface area contributed by atoms with Crippen LogP contribution in [0.2, 0.25) is 0 Å². The number of aliphatic hydroxyl groups is 1. The van der Waals surface area contributed by atoms with E-state index in [1.165, 1.54) is 0 Å². The number of rotatable bonds is 6. The number of hydrogen-bond donors (Lipinski definition) is 1. The van der Waals surface area contributed by atoms with Gasteiger partial charge in [0.1, 0.15) is 0 Å². The van der Waals surface area contributed by atoms with Crippen molar-refractivity contribution in [1.29, 1.82) is 0 Å². The highest BCUT2D eigenvalue weighted by atomic mass is 16.5. The zero-order valence-electron chi connectivity index (χ0n) is 10.3. The Kier molecular flexibility index (Phi) is 5.66. The maximum atomic E-state index is 12.1. The van der Waals surface area contributed by atoms with Gasteiger partial charge in [0.05, 0.1) is 13.2 Å². The van der Waals surface area contributed by atoms with E-state index in [1.54, 1.807) is 24.1 Å². The van der Waals surface area contributed by atoms with Crippen LogP contribution in [0.1, 0.15) is 15.9 Å². The lowest BCUT2D eigenvalue weighted by molar-refractivity contribution is 0.0656. The molecule has 0 aliphatic rings. The summed E-state index contributed by atoms with van der Waals surface area (Å²) in [5, 5.41) is 8.94. The van der Waals surface area contributed by atoms with Crippen LogP contribution in [0, 0.1) is 6.92 Å². The first-order chi connectivity index (χ1) is 8.19. The van der Waals surface area contributed by atoms with Crippen LogP contribution in [-0.4, -0.2) is 49.3 Å². The smallest absolute Gasteiger partial charge is 0.254 e. The Morgan fingerprint density at radius 1 is 1.29 bits per heavy atom. The van der Waals surface area contributed by atoms with Gasteiger partial charge in [-0.2, -0.15) is 0 Å². The molecule has 17 heavy (non-hydrogen) atoms. The SMILES string of the molecule is COCCN(CCO)C(=O)c1ccc(C)cc1. The lowest BCUT2D eigenvalue weighted by Gasteiger charge is -2.21. The first-order valence-corrected chi connectivity index (χ1v) is 5.64. The van der Waals surface area contributed by atoms with E-state index in [9.17, 15) is 4.79 Å². The highest BCUT2D eigenvalue weighted by molar-refractivity contribution is 5.94. The Balaban J connectivity index is 2.72. The molecular weight excluding hydrogens is 218 g/mol. The highest BCUT2D eigenvalue weighted by Gasteiger charge is 2.14. The fourth-order valence-electron chi connectivity index (χ4n) is 1.52. The molecule has 0 aliphatic carbocycles. The van der Waals surface area contributed by atoms with Crippen molar-refractivity contribution < 1.29 is 14.6 Å². The van der Waals surface area contributed by atoms with E-state index in [1.807, 2.05) is 19.1 Å². The number of nitrogens with zero attached hydrogens (tertiary/aromatic N) is 1. The molecule has 0 atom stereocenters. The van der Waals surface area contributed by atoms with Crippen LogP contribution in [0.4, 0.5) is 0 Å². The van der Waals surface area contributed by atoms with E-state index < -0.39 is 0 Å². The largest absolute Gasteiger partial charge is 0.395 e. The molecule has 0 fully saturated rings. The third-order valence-corrected chi connectivity index (χ3v) is 2.52. The van der Waals surface area contributed by atoms with Crippen molar-refractivity contribution in [3.05, 3.63) is 35.4 Å². The summed E-state index contributed by atoms with van der Waals surface area (Å²) in [6, 6.07) is 7.41. The Labute approximate surface area is 102 Å². The Morgan fingerprint density at radius 2 is 1.94 bits per heavy atom. The standard InChI is InChI=1S/C13H19NO3/c1-11-3-5-12(6-4-11)13(16)14(7-9-15)8-10-17-2/h3-6,15H,7-10H2,1-2H3. The van der Waals surface area contributed by atoms with E-state index in [-0.39, 0.29) is 12.5 Å². The molecule has 0 heterocycles. The summed E-state index contributed by atoms with van der Waals surface area (Å²) in [6.07, 6.45) is 0. The third-order valence-electron chi connectivity index (χ3n) is 2.52. The van der Waals surface area contributed by atoms with Crippen molar-refractivity contribution in [2.75, 3.05) is 33.4 Å². The number of aliphatic hydroxyl groups excluding tert-OH is 1. The van der Waals surface area contributed by atoms with Crippen LogP contribution in [-0.2, 0) is 4.74 Å². The van der Waals surface area contributed by atoms with Gasteiger partial charge in [-0.05, 0) is 19.1 Å². The number of aryl methyl sites for hydroxylation is 1. The molecule has 1 N–H and O–H groups in total. The second-order valence-electron chi connectivity index (χ2n) is 3.87. The van der Waals surface area contributed by atoms with Gasteiger partial charge < -0.3 is 14.7 Å². The van der Waals surface area contributed by atoms with E-state index >= 15 is 0 Å². The number of amides is 1. The molecule has 1 aromatic rings. The molecule has 4 heteroatoms. The highest BCUT2D eigenvalue weighted by Crippen LogP contribution is 2.07. The molecule has 0 aromatic heterocycles. The molecule has 1 amide bonds. The lowest BCUT2D eigenvalue weighted by atomic mass is 10.1. The average Bonchev–Trinajstić information content (AvgIpc) is 2.34. The molecule has 1 rings (SSSR count). The molecule has 0 saturated carbocycles. The van der Waals surface area contributed by atoms with Crippen molar-refractivity contribution in [1.82, 2.24) is 4.90 Å². The van der Waals surface area contributed by atoms with Crippen LogP contribution < -0.4 is 0 Å². The Bertz CT molecular complexity index is 348. The predicted molar refractivity (Wildman–Crippen MR) is 66.0 cm³/mol. The summed E-state index contributed by atoms with van der Waals surface area (Å²) in [5.41, 5.74) is 1.76. The number of carbonyl (C=O) groups excluding carboxylic acids is 1. The van der Waals surface area contributed by atoms with E-state index in [2.05, 4.69) is 0 Å². The first-order valence-electron chi connectivity index (χ1n) is 5.64. The van der Waals surface area contributed by atoms with Crippen LogP contribution in [0.3, 0.4) is 0 Å². The van der Waals surface area contributed by atoms with Gasteiger partial charge in [-0.1, -0.05) is 17.7 Å². The number of carbonyl (C=O) groups is 1. The van der Waals surface area contributed by atoms with Gasteiger partial charge in [-0.15, -0.1) is 0 Å². The van der Waals surface area contributed by atoms with E-state index in [4.69, 9.17) is 9.84 Å². The molecule has 94 valence electrons. The van der Waals surface area contributed by atoms with Gasteiger partial charge in [-0.25, -0.2) is 0 Å². The fraction of sp³-hybridized carbons (Fsp3) is 0.462. The molecule has 1 aromatic carbocycles. The molecule has 0 spiro atoms. The minimum Gasteiger partial charge on any atom is -0.395 e. The van der Waals surface area contributed by atoms with Crippen molar-refractivity contribution in [3.63, 3.8) is 0 Å². The molecule has 0 saturated heterocycles. The Hall–Kier alpha value is -1.39. The molecular formula is C13H19NO3. The minimum atomic E-state index is -0.0731. The van der Waals surface area contributed by atoms with Crippen molar-refractivity contribution in [2.24, 2.45) is 0 Å². The summed E-state index contributed by atoms with van der Waals surface area (Å²) >= 11 is 0.